The van der Waals surface area contributed by atoms with Gasteiger partial charge >= 0.3 is 6.18 Å². The van der Waals surface area contributed by atoms with E-state index < -0.39 is 24.3 Å². The molecule has 0 saturated heterocycles. The van der Waals surface area contributed by atoms with Gasteiger partial charge < -0.3 is 19.6 Å². The molecular weight excluding hydrogens is 365 g/mol. The van der Waals surface area contributed by atoms with Crippen LogP contribution in [0.5, 0.6) is 11.5 Å². The van der Waals surface area contributed by atoms with Gasteiger partial charge in [0.25, 0.3) is 5.91 Å². The van der Waals surface area contributed by atoms with E-state index in [4.69, 9.17) is 14.3 Å². The topological polar surface area (TPSA) is 69.2 Å². The summed E-state index contributed by atoms with van der Waals surface area (Å²) in [5.74, 6) is 0.415. The molecule has 0 bridgehead atoms. The van der Waals surface area contributed by atoms with Gasteiger partial charge in [-0.3, -0.25) is 4.79 Å². The number of amides is 1. The lowest BCUT2D eigenvalue weighted by atomic mass is 10.2. The van der Waals surface area contributed by atoms with Crippen molar-refractivity contribution in [3.63, 3.8) is 0 Å². The van der Waals surface area contributed by atoms with Crippen LogP contribution in [0.3, 0.4) is 0 Å². The first-order chi connectivity index (χ1) is 12.8. The molecule has 0 saturated carbocycles. The van der Waals surface area contributed by atoms with Crippen molar-refractivity contribution in [2.75, 3.05) is 26.1 Å². The number of ether oxygens (including phenoxy) is 2. The molecule has 1 N–H and O–H groups in total. The quantitative estimate of drug-likeness (QED) is 0.586. The standard InChI is InChI=1S/C18H17F3N2O4/c1-25-15-7-6-12(8-16(15)26-2)10-22-27-11-17(24)23-14-5-3-4-13(9-14)18(19,20)21/h3-10H,11H2,1-2H3,(H,23,24)/b22-10-. The molecule has 0 aliphatic rings. The maximum Gasteiger partial charge on any atom is 0.416 e. The highest BCUT2D eigenvalue weighted by Gasteiger charge is 2.30. The molecule has 9 heteroatoms. The molecule has 27 heavy (non-hydrogen) atoms. The average Bonchev–Trinajstić information content (AvgIpc) is 2.64. The zero-order valence-corrected chi connectivity index (χ0v) is 14.5. The Morgan fingerprint density at radius 1 is 1.11 bits per heavy atom. The van der Waals surface area contributed by atoms with Gasteiger partial charge in [0.05, 0.1) is 26.0 Å². The summed E-state index contributed by atoms with van der Waals surface area (Å²) in [6, 6.07) is 9.35. The van der Waals surface area contributed by atoms with E-state index >= 15 is 0 Å². The molecule has 6 nitrogen and oxygen atoms in total. The second kappa shape index (κ2) is 8.93. The molecule has 0 heterocycles. The molecule has 2 rings (SSSR count). The molecule has 0 aromatic heterocycles. The van der Waals surface area contributed by atoms with Crippen LogP contribution in [0.4, 0.5) is 18.9 Å². The van der Waals surface area contributed by atoms with E-state index in [1.165, 1.54) is 32.6 Å². The Hall–Kier alpha value is -3.23. The maximum absolute atomic E-state index is 12.6. The molecule has 144 valence electrons. The fourth-order valence-corrected chi connectivity index (χ4v) is 2.10. The summed E-state index contributed by atoms with van der Waals surface area (Å²) in [5, 5.41) is 5.96. The SMILES string of the molecule is COc1ccc(/C=N\OCC(=O)Nc2cccc(C(F)(F)F)c2)cc1OC. The molecular formula is C18H17F3N2O4. The smallest absolute Gasteiger partial charge is 0.416 e. The van der Waals surface area contributed by atoms with Gasteiger partial charge in [0.2, 0.25) is 0 Å². The van der Waals surface area contributed by atoms with Crippen LogP contribution in [0.25, 0.3) is 0 Å². The first-order valence-electron chi connectivity index (χ1n) is 7.68. The number of hydrogen-bond acceptors (Lipinski definition) is 5. The lowest BCUT2D eigenvalue weighted by Crippen LogP contribution is -2.17. The van der Waals surface area contributed by atoms with E-state index in [2.05, 4.69) is 10.5 Å². The minimum absolute atomic E-state index is 0.0160. The highest BCUT2D eigenvalue weighted by atomic mass is 19.4. The van der Waals surface area contributed by atoms with Gasteiger partial charge in [-0.05, 0) is 36.4 Å². The minimum atomic E-state index is -4.49. The molecule has 0 unspecified atom stereocenters. The molecule has 0 aliphatic carbocycles. The third kappa shape index (κ3) is 5.91. The van der Waals surface area contributed by atoms with Crippen molar-refractivity contribution in [1.29, 1.82) is 0 Å². The number of carbonyl (C=O) groups excluding carboxylic acids is 1. The van der Waals surface area contributed by atoms with Crippen LogP contribution in [0.2, 0.25) is 0 Å². The monoisotopic (exact) mass is 382 g/mol. The highest BCUT2D eigenvalue weighted by molar-refractivity contribution is 5.91. The molecule has 2 aromatic rings. The van der Waals surface area contributed by atoms with Gasteiger partial charge in [-0.2, -0.15) is 13.2 Å². The number of methoxy groups -OCH3 is 2. The number of carbonyl (C=O) groups is 1. The van der Waals surface area contributed by atoms with Crippen molar-refractivity contribution in [1.82, 2.24) is 0 Å². The number of hydrogen-bond donors (Lipinski definition) is 1. The van der Waals surface area contributed by atoms with Crippen molar-refractivity contribution in [3.05, 3.63) is 53.6 Å². The summed E-state index contributed by atoms with van der Waals surface area (Å²) in [7, 11) is 3.01. The van der Waals surface area contributed by atoms with E-state index in [0.717, 1.165) is 12.1 Å². The molecule has 0 radical (unpaired) electrons. The number of nitrogens with zero attached hydrogens (tertiary/aromatic N) is 1. The summed E-state index contributed by atoms with van der Waals surface area (Å²) >= 11 is 0. The number of rotatable bonds is 7. The summed E-state index contributed by atoms with van der Waals surface area (Å²) in [6.07, 6.45) is -3.12. The fraction of sp³-hybridized carbons (Fsp3) is 0.222. The summed E-state index contributed by atoms with van der Waals surface area (Å²) in [5.41, 5.74) is -0.194. The van der Waals surface area contributed by atoms with Crippen molar-refractivity contribution in [2.45, 2.75) is 6.18 Å². The van der Waals surface area contributed by atoms with E-state index in [0.29, 0.717) is 17.1 Å². The molecule has 0 spiro atoms. The Balaban J connectivity index is 1.88. The van der Waals surface area contributed by atoms with Crippen LogP contribution >= 0.6 is 0 Å². The molecule has 1 amide bonds. The van der Waals surface area contributed by atoms with Crippen molar-refractivity contribution >= 4 is 17.8 Å². The summed E-state index contributed by atoms with van der Waals surface area (Å²) < 4.78 is 48.2. The zero-order chi connectivity index (χ0) is 19.9. The van der Waals surface area contributed by atoms with Crippen LogP contribution in [0.1, 0.15) is 11.1 Å². The van der Waals surface area contributed by atoms with Crippen LogP contribution in [0.15, 0.2) is 47.6 Å². The minimum Gasteiger partial charge on any atom is -0.493 e. The maximum atomic E-state index is 12.6. The Kier molecular flexibility index (Phi) is 6.64. The first kappa shape index (κ1) is 20.1. The number of anilines is 1. The first-order valence-corrected chi connectivity index (χ1v) is 7.68. The lowest BCUT2D eigenvalue weighted by Gasteiger charge is -2.09. The number of nitrogens with one attached hydrogen (secondary N) is 1. The van der Waals surface area contributed by atoms with Gasteiger partial charge in [0.15, 0.2) is 18.1 Å². The normalized spacial score (nSPS) is 11.3. The van der Waals surface area contributed by atoms with Crippen LogP contribution in [-0.4, -0.2) is 32.9 Å². The summed E-state index contributed by atoms with van der Waals surface area (Å²) in [6.45, 7) is -0.458. The number of benzene rings is 2. The summed E-state index contributed by atoms with van der Waals surface area (Å²) in [4.78, 5) is 16.6. The van der Waals surface area contributed by atoms with Gasteiger partial charge in [-0.15, -0.1) is 0 Å². The molecule has 0 atom stereocenters. The van der Waals surface area contributed by atoms with Crippen LogP contribution in [-0.2, 0) is 15.8 Å². The van der Waals surface area contributed by atoms with Gasteiger partial charge in [-0.25, -0.2) is 0 Å². The second-order valence-electron chi connectivity index (χ2n) is 5.25. The third-order valence-electron chi connectivity index (χ3n) is 3.35. The average molecular weight is 382 g/mol. The van der Waals surface area contributed by atoms with E-state index in [-0.39, 0.29) is 5.69 Å². The number of oxime groups is 1. The zero-order valence-electron chi connectivity index (χ0n) is 14.5. The van der Waals surface area contributed by atoms with Gasteiger partial charge in [-0.1, -0.05) is 11.2 Å². The van der Waals surface area contributed by atoms with Crippen LogP contribution < -0.4 is 14.8 Å². The third-order valence-corrected chi connectivity index (χ3v) is 3.35. The largest absolute Gasteiger partial charge is 0.493 e. The lowest BCUT2D eigenvalue weighted by molar-refractivity contribution is -0.137. The fourth-order valence-electron chi connectivity index (χ4n) is 2.10. The van der Waals surface area contributed by atoms with E-state index in [1.807, 2.05) is 0 Å². The van der Waals surface area contributed by atoms with Crippen LogP contribution in [0, 0.1) is 0 Å². The highest BCUT2D eigenvalue weighted by Crippen LogP contribution is 2.30. The van der Waals surface area contributed by atoms with Gasteiger partial charge in [0.1, 0.15) is 0 Å². The molecule has 2 aromatic carbocycles. The van der Waals surface area contributed by atoms with Crippen molar-refractivity contribution in [3.8, 4) is 11.5 Å². The van der Waals surface area contributed by atoms with E-state index in [1.54, 1.807) is 18.2 Å². The van der Waals surface area contributed by atoms with Crippen molar-refractivity contribution in [2.24, 2.45) is 5.16 Å². The van der Waals surface area contributed by atoms with E-state index in [9.17, 15) is 18.0 Å². The predicted molar refractivity (Wildman–Crippen MR) is 93.2 cm³/mol. The van der Waals surface area contributed by atoms with Gasteiger partial charge in [0, 0.05) is 11.3 Å². The predicted octanol–water partition coefficient (Wildman–Crippen LogP) is 3.71. The van der Waals surface area contributed by atoms with Crippen molar-refractivity contribution < 1.29 is 32.3 Å². The Morgan fingerprint density at radius 3 is 2.52 bits per heavy atom. The Labute approximate surface area is 153 Å². The molecule has 0 aliphatic heterocycles. The number of halogens is 3. The molecule has 0 fully saturated rings. The number of alkyl halides is 3. The Morgan fingerprint density at radius 2 is 1.85 bits per heavy atom. The second-order valence-corrected chi connectivity index (χ2v) is 5.25. The Bertz CT molecular complexity index is 822.